The minimum absolute atomic E-state index is 0.241. The smallest absolute Gasteiger partial charge is 0.305 e. The van der Waals surface area contributed by atoms with Crippen molar-refractivity contribution in [1.29, 1.82) is 0 Å². The minimum Gasteiger partial charge on any atom is -0.496 e. The van der Waals surface area contributed by atoms with E-state index in [0.717, 1.165) is 0 Å². The highest BCUT2D eigenvalue weighted by Gasteiger charge is 2.46. The largest absolute Gasteiger partial charge is 0.496 e. The first-order valence-electron chi connectivity index (χ1n) is 4.96. The highest BCUT2D eigenvalue weighted by Crippen LogP contribution is 2.32. The van der Waals surface area contributed by atoms with Gasteiger partial charge in [-0.3, -0.25) is 0 Å². The summed E-state index contributed by atoms with van der Waals surface area (Å²) in [6.07, 6.45) is -3.39. The van der Waals surface area contributed by atoms with Crippen LogP contribution >= 0.6 is 0 Å². The number of ether oxygens (including phenoxy) is 1. The second-order valence-electron chi connectivity index (χ2n) is 3.65. The Morgan fingerprint density at radius 3 is 2.76 bits per heavy atom. The van der Waals surface area contributed by atoms with Gasteiger partial charge in [-0.05, 0) is 12.1 Å². The van der Waals surface area contributed by atoms with Gasteiger partial charge in [-0.15, -0.1) is 0 Å². The first-order chi connectivity index (χ1) is 8.07. The van der Waals surface area contributed by atoms with Crippen LogP contribution in [-0.4, -0.2) is 30.1 Å². The summed E-state index contributed by atoms with van der Waals surface area (Å²) in [7, 11) is 1.47. The van der Waals surface area contributed by atoms with Crippen LogP contribution in [0.4, 0.5) is 8.78 Å². The minimum atomic E-state index is -3.02. The lowest BCUT2D eigenvalue weighted by Crippen LogP contribution is -2.37. The van der Waals surface area contributed by atoms with Crippen molar-refractivity contribution in [2.24, 2.45) is 5.16 Å². The van der Waals surface area contributed by atoms with Crippen LogP contribution in [0.2, 0.25) is 0 Å². The lowest BCUT2D eigenvalue weighted by molar-refractivity contribution is -0.253. The van der Waals surface area contributed by atoms with Crippen LogP contribution in [0.15, 0.2) is 29.4 Å². The molecule has 2 rings (SSSR count). The zero-order valence-corrected chi connectivity index (χ0v) is 9.06. The first kappa shape index (κ1) is 11.8. The molecule has 0 aliphatic carbocycles. The maximum atomic E-state index is 12.5. The molecule has 0 saturated heterocycles. The Hall–Kier alpha value is -1.69. The predicted molar refractivity (Wildman–Crippen MR) is 56.2 cm³/mol. The standard InChI is InChI=1S/C11H11F2NO3/c1-16-9-5-3-2-4-7(9)8-6-11(15,10(12)13)17-14-8/h2-5,10,15H,6H2,1H3. The second-order valence-corrected chi connectivity index (χ2v) is 3.65. The highest BCUT2D eigenvalue weighted by molar-refractivity contribution is 6.03. The van der Waals surface area contributed by atoms with E-state index in [1.54, 1.807) is 24.3 Å². The van der Waals surface area contributed by atoms with Gasteiger partial charge in [0, 0.05) is 5.56 Å². The molecular weight excluding hydrogens is 232 g/mol. The maximum Gasteiger partial charge on any atom is 0.305 e. The number of rotatable bonds is 3. The summed E-state index contributed by atoms with van der Waals surface area (Å²) in [6, 6.07) is 6.81. The van der Waals surface area contributed by atoms with Crippen molar-refractivity contribution in [3.05, 3.63) is 29.8 Å². The Morgan fingerprint density at radius 1 is 1.47 bits per heavy atom. The van der Waals surface area contributed by atoms with Gasteiger partial charge in [0.15, 0.2) is 0 Å². The number of methoxy groups -OCH3 is 1. The Kier molecular flexibility index (Phi) is 2.97. The molecule has 92 valence electrons. The predicted octanol–water partition coefficient (Wildman–Crippen LogP) is 1.77. The summed E-state index contributed by atoms with van der Waals surface area (Å²) in [6.45, 7) is 0. The number of hydrogen-bond acceptors (Lipinski definition) is 4. The zero-order chi connectivity index (χ0) is 12.5. The number of hydrogen-bond donors (Lipinski definition) is 1. The van der Waals surface area contributed by atoms with Crippen molar-refractivity contribution >= 4 is 5.71 Å². The third-order valence-electron chi connectivity index (χ3n) is 2.49. The van der Waals surface area contributed by atoms with Crippen molar-refractivity contribution < 1.29 is 23.5 Å². The lowest BCUT2D eigenvalue weighted by atomic mass is 10.0. The molecule has 0 aromatic heterocycles. The average Bonchev–Trinajstić information content (AvgIpc) is 2.73. The van der Waals surface area contributed by atoms with Crippen molar-refractivity contribution in [3.8, 4) is 5.75 Å². The summed E-state index contributed by atoms with van der Waals surface area (Å²) in [5.41, 5.74) is 0.775. The quantitative estimate of drug-likeness (QED) is 0.880. The van der Waals surface area contributed by atoms with Gasteiger partial charge in [0.05, 0.1) is 19.2 Å². The van der Waals surface area contributed by atoms with Gasteiger partial charge >= 0.3 is 12.2 Å². The summed E-state index contributed by atoms with van der Waals surface area (Å²) in [4.78, 5) is 4.41. The Morgan fingerprint density at radius 2 is 2.18 bits per heavy atom. The molecule has 0 fully saturated rings. The zero-order valence-electron chi connectivity index (χ0n) is 9.06. The van der Waals surface area contributed by atoms with Gasteiger partial charge < -0.3 is 14.7 Å². The maximum absolute atomic E-state index is 12.5. The van der Waals surface area contributed by atoms with E-state index in [9.17, 15) is 13.9 Å². The Labute approximate surface area is 96.5 Å². The van der Waals surface area contributed by atoms with E-state index < -0.39 is 12.2 Å². The average molecular weight is 243 g/mol. The molecule has 1 N–H and O–H groups in total. The molecule has 1 aromatic rings. The van der Waals surface area contributed by atoms with Crippen molar-refractivity contribution in [2.75, 3.05) is 7.11 Å². The van der Waals surface area contributed by atoms with Crippen LogP contribution in [0.1, 0.15) is 12.0 Å². The molecule has 4 nitrogen and oxygen atoms in total. The van der Waals surface area contributed by atoms with Crippen LogP contribution < -0.4 is 4.74 Å². The van der Waals surface area contributed by atoms with Gasteiger partial charge in [0.1, 0.15) is 5.75 Å². The van der Waals surface area contributed by atoms with E-state index in [1.165, 1.54) is 7.11 Å². The topological polar surface area (TPSA) is 51.0 Å². The fourth-order valence-corrected chi connectivity index (χ4v) is 1.58. The van der Waals surface area contributed by atoms with Gasteiger partial charge in [-0.25, -0.2) is 8.78 Å². The fraction of sp³-hybridized carbons (Fsp3) is 0.364. The molecule has 1 atom stereocenters. The normalized spacial score (nSPS) is 23.5. The first-order valence-corrected chi connectivity index (χ1v) is 4.96. The van der Waals surface area contributed by atoms with Gasteiger partial charge in [0.25, 0.3) is 0 Å². The third kappa shape index (κ3) is 2.08. The van der Waals surface area contributed by atoms with E-state index in [0.29, 0.717) is 11.3 Å². The number of para-hydroxylation sites is 1. The summed E-state index contributed by atoms with van der Waals surface area (Å²) < 4.78 is 30.1. The van der Waals surface area contributed by atoms with E-state index >= 15 is 0 Å². The van der Waals surface area contributed by atoms with E-state index in [1.807, 2.05) is 0 Å². The van der Waals surface area contributed by atoms with E-state index in [2.05, 4.69) is 9.99 Å². The molecule has 0 bridgehead atoms. The molecule has 0 radical (unpaired) electrons. The monoisotopic (exact) mass is 243 g/mol. The van der Waals surface area contributed by atoms with Gasteiger partial charge in [0.2, 0.25) is 0 Å². The number of alkyl halides is 2. The molecule has 0 saturated carbocycles. The lowest BCUT2D eigenvalue weighted by Gasteiger charge is -2.17. The van der Waals surface area contributed by atoms with Crippen LogP contribution in [0.5, 0.6) is 5.75 Å². The number of benzene rings is 1. The van der Waals surface area contributed by atoms with E-state index in [-0.39, 0.29) is 12.1 Å². The summed E-state index contributed by atoms with van der Waals surface area (Å²) in [5.74, 6) is -2.04. The van der Waals surface area contributed by atoms with Crippen molar-refractivity contribution in [1.82, 2.24) is 0 Å². The summed E-state index contributed by atoms with van der Waals surface area (Å²) >= 11 is 0. The molecule has 6 heteroatoms. The Balaban J connectivity index is 2.26. The molecule has 0 spiro atoms. The summed E-state index contributed by atoms with van der Waals surface area (Å²) in [5, 5.41) is 12.9. The van der Waals surface area contributed by atoms with Gasteiger partial charge in [-0.2, -0.15) is 0 Å². The van der Waals surface area contributed by atoms with Crippen molar-refractivity contribution in [2.45, 2.75) is 18.6 Å². The van der Waals surface area contributed by atoms with Crippen LogP contribution in [0.25, 0.3) is 0 Å². The van der Waals surface area contributed by atoms with Crippen LogP contribution in [0.3, 0.4) is 0 Å². The SMILES string of the molecule is COc1ccccc1C1=NOC(O)(C(F)F)C1. The Bertz CT molecular complexity index is 450. The molecule has 1 unspecified atom stereocenters. The molecule has 1 aliphatic rings. The number of oxime groups is 1. The molecule has 17 heavy (non-hydrogen) atoms. The molecule has 1 heterocycles. The second kappa shape index (κ2) is 4.29. The molecular formula is C11H11F2NO3. The third-order valence-corrected chi connectivity index (χ3v) is 2.49. The molecule has 0 amide bonds. The number of nitrogens with zero attached hydrogens (tertiary/aromatic N) is 1. The van der Waals surface area contributed by atoms with Gasteiger partial charge in [-0.1, -0.05) is 17.3 Å². The van der Waals surface area contributed by atoms with Crippen LogP contribution in [0, 0.1) is 0 Å². The van der Waals surface area contributed by atoms with Crippen LogP contribution in [-0.2, 0) is 4.84 Å². The molecule has 1 aromatic carbocycles. The highest BCUT2D eigenvalue weighted by atomic mass is 19.3. The molecule has 1 aliphatic heterocycles. The van der Waals surface area contributed by atoms with E-state index in [4.69, 9.17) is 4.74 Å². The van der Waals surface area contributed by atoms with Crippen molar-refractivity contribution in [3.63, 3.8) is 0 Å². The number of aliphatic hydroxyl groups is 1. The number of halogens is 2. The fourth-order valence-electron chi connectivity index (χ4n) is 1.58.